The van der Waals surface area contributed by atoms with Gasteiger partial charge in [0.15, 0.2) is 0 Å². The molecule has 0 bridgehead atoms. The molecule has 1 atom stereocenters. The van der Waals surface area contributed by atoms with Crippen LogP contribution in [0.2, 0.25) is 0 Å². The molecule has 8 nitrogen and oxygen atoms in total. The zero-order valence-corrected chi connectivity index (χ0v) is 15.6. The van der Waals surface area contributed by atoms with Crippen molar-refractivity contribution in [2.24, 2.45) is 0 Å². The number of nitrogens with zero attached hydrogens (tertiary/aromatic N) is 4. The number of hydrogen-bond acceptors (Lipinski definition) is 6. The normalized spacial score (nSPS) is 17.5. The molecule has 0 aliphatic carbocycles. The number of rotatable bonds is 6. The molecule has 0 spiro atoms. The van der Waals surface area contributed by atoms with E-state index in [1.807, 2.05) is 18.2 Å². The molecule has 0 radical (unpaired) electrons. The van der Waals surface area contributed by atoms with Crippen LogP contribution in [0.3, 0.4) is 0 Å². The van der Waals surface area contributed by atoms with Gasteiger partial charge in [0, 0.05) is 24.2 Å². The van der Waals surface area contributed by atoms with E-state index in [4.69, 9.17) is 9.47 Å². The van der Waals surface area contributed by atoms with E-state index in [0.717, 1.165) is 36.4 Å². The number of ether oxygens (including phenoxy) is 2. The van der Waals surface area contributed by atoms with Gasteiger partial charge in [-0.1, -0.05) is 6.07 Å². The summed E-state index contributed by atoms with van der Waals surface area (Å²) < 4.78 is 12.6. The van der Waals surface area contributed by atoms with Gasteiger partial charge in [0.1, 0.15) is 22.9 Å². The lowest BCUT2D eigenvalue weighted by molar-refractivity contribution is -0.386. The van der Waals surface area contributed by atoms with Crippen LogP contribution >= 0.6 is 0 Å². The van der Waals surface area contributed by atoms with Gasteiger partial charge in [0.25, 0.3) is 0 Å². The van der Waals surface area contributed by atoms with E-state index in [-0.39, 0.29) is 16.7 Å². The minimum atomic E-state index is -0.359. The van der Waals surface area contributed by atoms with E-state index in [1.54, 1.807) is 32.7 Å². The first kappa shape index (κ1) is 18.2. The molecule has 1 fully saturated rings. The Bertz CT molecular complexity index is 818. The molecule has 3 rings (SSSR count). The van der Waals surface area contributed by atoms with Crippen molar-refractivity contribution < 1.29 is 14.4 Å². The Balaban J connectivity index is 1.88. The number of likely N-dealkylation sites (tertiary alicyclic amines) is 1. The van der Waals surface area contributed by atoms with Gasteiger partial charge < -0.3 is 9.47 Å². The highest BCUT2D eigenvalue weighted by Gasteiger charge is 2.30. The van der Waals surface area contributed by atoms with Crippen LogP contribution in [-0.2, 0) is 6.67 Å². The largest absolute Gasteiger partial charge is 0.497 e. The molecular formula is C18H24N4O4. The van der Waals surface area contributed by atoms with Crippen molar-refractivity contribution in [1.82, 2.24) is 14.7 Å². The zero-order chi connectivity index (χ0) is 18.8. The third-order valence-corrected chi connectivity index (χ3v) is 5.00. The fourth-order valence-corrected chi connectivity index (χ4v) is 3.70. The molecule has 0 unspecified atom stereocenters. The van der Waals surface area contributed by atoms with Gasteiger partial charge in [-0.3, -0.25) is 15.0 Å². The molecular weight excluding hydrogens is 336 g/mol. The molecule has 1 aromatic carbocycles. The molecule has 2 aromatic rings. The Morgan fingerprint density at radius 2 is 2.08 bits per heavy atom. The van der Waals surface area contributed by atoms with Crippen molar-refractivity contribution in [2.75, 3.05) is 20.8 Å². The van der Waals surface area contributed by atoms with Gasteiger partial charge in [0.05, 0.1) is 25.8 Å². The summed E-state index contributed by atoms with van der Waals surface area (Å²) in [4.78, 5) is 13.2. The van der Waals surface area contributed by atoms with Gasteiger partial charge in [-0.2, -0.15) is 5.10 Å². The number of hydrogen-bond donors (Lipinski definition) is 0. The first-order valence-corrected chi connectivity index (χ1v) is 8.60. The topological polar surface area (TPSA) is 82.7 Å². The molecule has 1 aliphatic rings. The van der Waals surface area contributed by atoms with Crippen LogP contribution in [-0.4, -0.2) is 40.4 Å². The first-order valence-electron chi connectivity index (χ1n) is 8.60. The minimum absolute atomic E-state index is 0.0998. The fraction of sp³-hybridized carbons (Fsp3) is 0.500. The predicted octanol–water partition coefficient (Wildman–Crippen LogP) is 3.22. The van der Waals surface area contributed by atoms with Crippen LogP contribution in [0.15, 0.2) is 18.2 Å². The number of methoxy groups -OCH3 is 2. The van der Waals surface area contributed by atoms with Crippen LogP contribution in [0.4, 0.5) is 5.69 Å². The van der Waals surface area contributed by atoms with Crippen molar-refractivity contribution in [3.8, 4) is 11.5 Å². The third kappa shape index (κ3) is 3.24. The number of benzene rings is 1. The van der Waals surface area contributed by atoms with Crippen molar-refractivity contribution in [3.05, 3.63) is 45.3 Å². The number of aromatic nitrogens is 2. The summed E-state index contributed by atoms with van der Waals surface area (Å²) in [7, 11) is 3.29. The average molecular weight is 360 g/mol. The Hall–Kier alpha value is -2.61. The number of aryl methyl sites for hydroxylation is 1. The van der Waals surface area contributed by atoms with E-state index in [1.165, 1.54) is 0 Å². The molecule has 0 amide bonds. The molecule has 140 valence electrons. The number of nitro groups is 1. The fourth-order valence-electron chi connectivity index (χ4n) is 3.70. The summed E-state index contributed by atoms with van der Waals surface area (Å²) >= 11 is 0. The Morgan fingerprint density at radius 1 is 1.31 bits per heavy atom. The molecule has 1 aromatic heterocycles. The maximum Gasteiger partial charge on any atom is 0.312 e. The van der Waals surface area contributed by atoms with Crippen LogP contribution < -0.4 is 9.47 Å². The van der Waals surface area contributed by atoms with Gasteiger partial charge in [-0.25, -0.2) is 4.68 Å². The highest BCUT2D eigenvalue weighted by Crippen LogP contribution is 2.39. The van der Waals surface area contributed by atoms with Crippen LogP contribution in [0.5, 0.6) is 11.5 Å². The highest BCUT2D eigenvalue weighted by atomic mass is 16.6. The second-order valence-electron chi connectivity index (χ2n) is 6.50. The Labute approximate surface area is 152 Å². The summed E-state index contributed by atoms with van der Waals surface area (Å²) in [6.45, 7) is 4.85. The smallest absolute Gasteiger partial charge is 0.312 e. The summed E-state index contributed by atoms with van der Waals surface area (Å²) in [5.74, 6) is 1.55. The van der Waals surface area contributed by atoms with Gasteiger partial charge >= 0.3 is 5.69 Å². The van der Waals surface area contributed by atoms with Crippen molar-refractivity contribution in [1.29, 1.82) is 0 Å². The lowest BCUT2D eigenvalue weighted by Gasteiger charge is -2.26. The minimum Gasteiger partial charge on any atom is -0.497 e. The summed E-state index contributed by atoms with van der Waals surface area (Å²) in [6, 6.07) is 6.03. The van der Waals surface area contributed by atoms with Crippen LogP contribution in [0.25, 0.3) is 0 Å². The summed E-state index contributed by atoms with van der Waals surface area (Å²) in [6.07, 6.45) is 2.06. The van der Waals surface area contributed by atoms with E-state index < -0.39 is 0 Å². The van der Waals surface area contributed by atoms with Crippen molar-refractivity contribution in [2.45, 2.75) is 39.4 Å². The van der Waals surface area contributed by atoms with Gasteiger partial charge in [-0.15, -0.1) is 0 Å². The van der Waals surface area contributed by atoms with E-state index in [9.17, 15) is 10.1 Å². The molecule has 2 heterocycles. The standard InChI is InChI=1S/C18H24N4O4/c1-12-18(22(23)24)13(2)21(19-12)11-20-9-5-6-16(20)15-8-7-14(25-3)10-17(15)26-4/h7-8,10,16H,5-6,9,11H2,1-4H3/t16-/m0/s1. The molecule has 26 heavy (non-hydrogen) atoms. The third-order valence-electron chi connectivity index (χ3n) is 5.00. The average Bonchev–Trinajstić information content (AvgIpc) is 3.18. The SMILES string of the molecule is COc1ccc([C@@H]2CCCN2Cn2nc(C)c([N+](=O)[O-])c2C)c(OC)c1. The summed E-state index contributed by atoms with van der Waals surface area (Å²) in [5, 5.41) is 15.6. The van der Waals surface area contributed by atoms with Crippen molar-refractivity contribution in [3.63, 3.8) is 0 Å². The molecule has 1 saturated heterocycles. The maximum atomic E-state index is 11.2. The summed E-state index contributed by atoms with van der Waals surface area (Å²) in [5.41, 5.74) is 2.23. The molecule has 1 aliphatic heterocycles. The van der Waals surface area contributed by atoms with E-state index >= 15 is 0 Å². The second kappa shape index (κ2) is 7.33. The monoisotopic (exact) mass is 360 g/mol. The highest BCUT2D eigenvalue weighted by molar-refractivity contribution is 5.43. The van der Waals surface area contributed by atoms with Crippen LogP contribution in [0.1, 0.15) is 35.8 Å². The predicted molar refractivity (Wildman–Crippen MR) is 96.6 cm³/mol. The molecule has 8 heteroatoms. The second-order valence-corrected chi connectivity index (χ2v) is 6.50. The molecule has 0 saturated carbocycles. The van der Waals surface area contributed by atoms with E-state index in [0.29, 0.717) is 18.1 Å². The molecule has 0 N–H and O–H groups in total. The maximum absolute atomic E-state index is 11.2. The Kier molecular flexibility index (Phi) is 5.13. The zero-order valence-electron chi connectivity index (χ0n) is 15.6. The van der Waals surface area contributed by atoms with E-state index in [2.05, 4.69) is 10.00 Å². The van der Waals surface area contributed by atoms with Crippen LogP contribution in [0, 0.1) is 24.0 Å². The first-order chi connectivity index (χ1) is 12.5. The van der Waals surface area contributed by atoms with Gasteiger partial charge in [0.2, 0.25) is 0 Å². The van der Waals surface area contributed by atoms with Gasteiger partial charge in [-0.05, 0) is 32.8 Å². The Morgan fingerprint density at radius 3 is 2.69 bits per heavy atom. The van der Waals surface area contributed by atoms with Crippen molar-refractivity contribution >= 4 is 5.69 Å². The lowest BCUT2D eigenvalue weighted by Crippen LogP contribution is -2.27. The lowest BCUT2D eigenvalue weighted by atomic mass is 10.0. The quantitative estimate of drug-likeness (QED) is 0.581.